The minimum absolute atomic E-state index is 0.0419. The number of aromatic nitrogens is 6. The summed E-state index contributed by atoms with van der Waals surface area (Å²) < 4.78 is 2.02. The van der Waals surface area contributed by atoms with Gasteiger partial charge in [0.25, 0.3) is 0 Å². The van der Waals surface area contributed by atoms with Crippen molar-refractivity contribution in [3.8, 4) is 39.5 Å². The molecule has 250 valence electrons. The van der Waals surface area contributed by atoms with Crippen LogP contribution in [0, 0.1) is 0 Å². The van der Waals surface area contributed by atoms with Gasteiger partial charge in [0.05, 0.1) is 28.4 Å². The maximum absolute atomic E-state index is 5.47. The fourth-order valence-corrected chi connectivity index (χ4v) is 7.27. The Kier molecular flexibility index (Phi) is 6.84. The second-order valence-corrected chi connectivity index (χ2v) is 15.7. The number of fused-ring (bicyclic) bond motifs is 5. The monoisotopic (exact) mass is 664 g/mol. The molecular weight excluding hydrogens is 625 g/mol. The zero-order valence-corrected chi connectivity index (χ0v) is 29.8. The highest BCUT2D eigenvalue weighted by Gasteiger charge is 2.24. The van der Waals surface area contributed by atoms with E-state index in [4.69, 9.17) is 10.1 Å². The van der Waals surface area contributed by atoms with E-state index in [1.165, 1.54) is 21.9 Å². The average Bonchev–Trinajstić information content (AvgIpc) is 3.86. The summed E-state index contributed by atoms with van der Waals surface area (Å²) in [4.78, 5) is 9.14. The minimum atomic E-state index is -0.0687. The third kappa shape index (κ3) is 5.21. The lowest BCUT2D eigenvalue weighted by molar-refractivity contribution is 0.590. The van der Waals surface area contributed by atoms with Crippen LogP contribution in [0.15, 0.2) is 121 Å². The van der Waals surface area contributed by atoms with Crippen LogP contribution in [-0.4, -0.2) is 29.9 Å². The predicted molar refractivity (Wildman–Crippen MR) is 212 cm³/mol. The summed E-state index contributed by atoms with van der Waals surface area (Å²) in [5.74, 6) is 0.750. The van der Waals surface area contributed by atoms with E-state index >= 15 is 0 Å². The van der Waals surface area contributed by atoms with Crippen LogP contribution in [0.25, 0.3) is 83.1 Å². The zero-order valence-electron chi connectivity index (χ0n) is 29.8. The number of para-hydroxylation sites is 2. The molecular formula is C45H40N6. The number of nitrogens with one attached hydrogen (secondary N) is 2. The smallest absolute Gasteiger partial charge is 0.155 e. The van der Waals surface area contributed by atoms with E-state index in [1.807, 2.05) is 16.9 Å². The Labute approximate surface area is 297 Å². The molecule has 5 aromatic carbocycles. The second-order valence-electron chi connectivity index (χ2n) is 15.7. The van der Waals surface area contributed by atoms with Gasteiger partial charge >= 0.3 is 0 Å². The summed E-state index contributed by atoms with van der Waals surface area (Å²) in [7, 11) is 0. The fraction of sp³-hybridized carbons (Fsp3) is 0.178. The van der Waals surface area contributed by atoms with Gasteiger partial charge in [-0.05, 0) is 75.5 Å². The van der Waals surface area contributed by atoms with Crippen molar-refractivity contribution in [1.82, 2.24) is 29.9 Å². The van der Waals surface area contributed by atoms with Crippen LogP contribution in [0.3, 0.4) is 0 Å². The molecule has 0 aliphatic heterocycles. The number of hydrogen-bond donors (Lipinski definition) is 2. The van der Waals surface area contributed by atoms with Crippen molar-refractivity contribution in [3.05, 3.63) is 133 Å². The molecule has 6 nitrogen and oxygen atoms in total. The standard InChI is InChI=1S/C45H40N6/c1-44(2,3)30-19-20-37-34(23-30)35-24-31(45(4,5)6)25-36(42(35)48-37)43-33-16-10-11-18-39(33)51(50-43)40-22-29(27-13-8-7-9-14-27)21-38(47-40)32-17-12-15-28-26-46-49-41(28)32/h7-26,48H,1-6H3,(H,46,49). The number of benzene rings is 5. The molecule has 0 saturated heterocycles. The van der Waals surface area contributed by atoms with Gasteiger partial charge in [0.1, 0.15) is 5.69 Å². The Morgan fingerprint density at radius 1 is 0.588 bits per heavy atom. The molecule has 0 aliphatic carbocycles. The van der Waals surface area contributed by atoms with Gasteiger partial charge in [-0.1, -0.05) is 114 Å². The summed E-state index contributed by atoms with van der Waals surface area (Å²) in [6, 6.07) is 41.1. The van der Waals surface area contributed by atoms with E-state index < -0.39 is 0 Å². The second kappa shape index (κ2) is 11.3. The van der Waals surface area contributed by atoms with Gasteiger partial charge in [-0.15, -0.1) is 0 Å². The molecule has 0 fully saturated rings. The number of pyridine rings is 1. The number of aromatic amines is 2. The van der Waals surface area contributed by atoms with Crippen molar-refractivity contribution >= 4 is 43.6 Å². The largest absolute Gasteiger partial charge is 0.354 e. The van der Waals surface area contributed by atoms with Crippen LogP contribution in [0.2, 0.25) is 0 Å². The molecule has 0 aliphatic rings. The van der Waals surface area contributed by atoms with Crippen molar-refractivity contribution in [3.63, 3.8) is 0 Å². The molecule has 0 amide bonds. The first-order valence-electron chi connectivity index (χ1n) is 17.6. The Hall–Kier alpha value is -6.01. The van der Waals surface area contributed by atoms with Crippen molar-refractivity contribution in [2.24, 2.45) is 0 Å². The van der Waals surface area contributed by atoms with Gasteiger partial charge in [-0.25, -0.2) is 9.67 Å². The molecule has 4 heterocycles. The Balaban J connectivity index is 1.32. The maximum Gasteiger partial charge on any atom is 0.155 e. The SMILES string of the molecule is CC(C)(C)c1ccc2[nH]c3c(-c4nn(-c5cc(-c6ccccc6)cc(-c6cccc7cn[nH]c67)n5)c5ccccc45)cc(C(C)(C)C)cc3c2c1. The van der Waals surface area contributed by atoms with Crippen molar-refractivity contribution in [1.29, 1.82) is 0 Å². The van der Waals surface area contributed by atoms with Crippen LogP contribution < -0.4 is 0 Å². The number of hydrogen-bond acceptors (Lipinski definition) is 3. The summed E-state index contributed by atoms with van der Waals surface area (Å²) in [6.45, 7) is 13.7. The summed E-state index contributed by atoms with van der Waals surface area (Å²) in [6.07, 6.45) is 1.86. The third-order valence-corrected chi connectivity index (χ3v) is 10.2. The average molecular weight is 665 g/mol. The normalized spacial score (nSPS) is 12.5. The molecule has 0 saturated carbocycles. The van der Waals surface area contributed by atoms with Gasteiger partial charge in [0.2, 0.25) is 0 Å². The maximum atomic E-state index is 5.47. The Bertz CT molecular complexity index is 2760. The lowest BCUT2D eigenvalue weighted by Crippen LogP contribution is -2.11. The first-order valence-corrected chi connectivity index (χ1v) is 17.6. The molecule has 0 radical (unpaired) electrons. The summed E-state index contributed by atoms with van der Waals surface area (Å²) in [5, 5.41) is 17.6. The highest BCUT2D eigenvalue weighted by molar-refractivity contribution is 6.14. The highest BCUT2D eigenvalue weighted by Crippen LogP contribution is 2.41. The molecule has 6 heteroatoms. The molecule has 0 atom stereocenters. The van der Waals surface area contributed by atoms with Gasteiger partial charge < -0.3 is 4.98 Å². The third-order valence-electron chi connectivity index (χ3n) is 10.2. The summed E-state index contributed by atoms with van der Waals surface area (Å²) in [5.41, 5.74) is 12.8. The van der Waals surface area contributed by atoms with E-state index in [0.29, 0.717) is 0 Å². The molecule has 2 N–H and O–H groups in total. The minimum Gasteiger partial charge on any atom is -0.354 e. The molecule has 9 aromatic rings. The van der Waals surface area contributed by atoms with Gasteiger partial charge in [0.15, 0.2) is 5.82 Å². The molecule has 51 heavy (non-hydrogen) atoms. The molecule has 0 bridgehead atoms. The fourth-order valence-electron chi connectivity index (χ4n) is 7.27. The predicted octanol–water partition coefficient (Wildman–Crippen LogP) is 11.5. The van der Waals surface area contributed by atoms with Gasteiger partial charge in [-0.2, -0.15) is 10.2 Å². The van der Waals surface area contributed by atoms with Crippen LogP contribution in [0.5, 0.6) is 0 Å². The van der Waals surface area contributed by atoms with Crippen LogP contribution in [0.4, 0.5) is 0 Å². The first-order chi connectivity index (χ1) is 24.5. The van der Waals surface area contributed by atoms with Gasteiger partial charge in [-0.3, -0.25) is 5.10 Å². The topological polar surface area (TPSA) is 75.2 Å². The lowest BCUT2D eigenvalue weighted by atomic mass is 9.83. The van der Waals surface area contributed by atoms with E-state index in [0.717, 1.165) is 72.3 Å². The molecule has 0 spiro atoms. The van der Waals surface area contributed by atoms with E-state index in [1.54, 1.807) is 0 Å². The first kappa shape index (κ1) is 31.0. The Morgan fingerprint density at radius 2 is 1.35 bits per heavy atom. The van der Waals surface area contributed by atoms with Crippen LogP contribution in [-0.2, 0) is 10.8 Å². The molecule has 0 unspecified atom stereocenters. The van der Waals surface area contributed by atoms with E-state index in [9.17, 15) is 0 Å². The van der Waals surface area contributed by atoms with E-state index in [-0.39, 0.29) is 10.8 Å². The summed E-state index contributed by atoms with van der Waals surface area (Å²) >= 11 is 0. The van der Waals surface area contributed by atoms with Crippen molar-refractivity contribution < 1.29 is 0 Å². The zero-order chi connectivity index (χ0) is 35.1. The quantitative estimate of drug-likeness (QED) is 0.197. The number of H-pyrrole nitrogens is 2. The molecule has 4 aromatic heterocycles. The van der Waals surface area contributed by atoms with Gasteiger partial charge in [0, 0.05) is 38.2 Å². The van der Waals surface area contributed by atoms with Crippen molar-refractivity contribution in [2.75, 3.05) is 0 Å². The Morgan fingerprint density at radius 3 is 2.16 bits per heavy atom. The van der Waals surface area contributed by atoms with Crippen LogP contribution >= 0.6 is 0 Å². The van der Waals surface area contributed by atoms with E-state index in [2.05, 4.69) is 166 Å². The lowest BCUT2D eigenvalue weighted by Gasteiger charge is -2.21. The number of rotatable bonds is 4. The van der Waals surface area contributed by atoms with Crippen molar-refractivity contribution in [2.45, 2.75) is 52.4 Å². The van der Waals surface area contributed by atoms with Crippen LogP contribution in [0.1, 0.15) is 52.7 Å². The number of nitrogens with zero attached hydrogens (tertiary/aromatic N) is 4. The highest BCUT2D eigenvalue weighted by atomic mass is 15.3. The molecule has 9 rings (SSSR count).